The number of ether oxygens (including phenoxy) is 1. The number of halogens is 1. The van der Waals surface area contributed by atoms with Crippen LogP contribution < -0.4 is 10.2 Å². The summed E-state index contributed by atoms with van der Waals surface area (Å²) in [5.41, 5.74) is 4.07. The van der Waals surface area contributed by atoms with Gasteiger partial charge in [0.1, 0.15) is 11.5 Å². The lowest BCUT2D eigenvalue weighted by atomic mass is 10.0. The topological polar surface area (TPSA) is 70.9 Å². The van der Waals surface area contributed by atoms with Crippen LogP contribution in [-0.2, 0) is 4.79 Å². The van der Waals surface area contributed by atoms with E-state index in [1.54, 1.807) is 12.1 Å². The average molecular weight is 391 g/mol. The van der Waals surface area contributed by atoms with E-state index in [0.29, 0.717) is 17.2 Å². The third-order valence-electron chi connectivity index (χ3n) is 3.30. The van der Waals surface area contributed by atoms with Gasteiger partial charge in [-0.25, -0.2) is 5.43 Å². The van der Waals surface area contributed by atoms with Crippen LogP contribution in [0, 0.1) is 0 Å². The molecule has 126 valence electrons. The highest BCUT2D eigenvalue weighted by atomic mass is 79.9. The van der Waals surface area contributed by atoms with Crippen LogP contribution in [0.1, 0.15) is 30.9 Å². The molecule has 2 rings (SSSR count). The molecule has 24 heavy (non-hydrogen) atoms. The van der Waals surface area contributed by atoms with Gasteiger partial charge in [0.2, 0.25) is 0 Å². The van der Waals surface area contributed by atoms with E-state index in [2.05, 4.69) is 40.3 Å². The molecule has 0 radical (unpaired) electrons. The number of carbonyl (C=O) groups is 1. The number of hydrazone groups is 1. The van der Waals surface area contributed by atoms with E-state index in [0.717, 1.165) is 4.47 Å². The van der Waals surface area contributed by atoms with Gasteiger partial charge in [-0.05, 0) is 41.8 Å². The third-order valence-corrected chi connectivity index (χ3v) is 3.79. The number of aromatic hydroxyl groups is 1. The smallest absolute Gasteiger partial charge is 0.277 e. The summed E-state index contributed by atoms with van der Waals surface area (Å²) in [6.07, 6.45) is 1.37. The van der Waals surface area contributed by atoms with Gasteiger partial charge in [0.15, 0.2) is 6.61 Å². The number of benzene rings is 2. The maximum atomic E-state index is 11.7. The van der Waals surface area contributed by atoms with Crippen molar-refractivity contribution in [1.82, 2.24) is 5.43 Å². The normalized spacial score (nSPS) is 11.0. The number of rotatable bonds is 6. The predicted octanol–water partition coefficient (Wildman–Crippen LogP) is 3.81. The molecule has 2 aromatic carbocycles. The number of amides is 1. The molecule has 0 unspecified atom stereocenters. The minimum atomic E-state index is -0.381. The number of nitrogens with zero attached hydrogens (tertiary/aromatic N) is 1. The molecule has 6 heteroatoms. The molecule has 0 atom stereocenters. The second kappa shape index (κ2) is 8.49. The van der Waals surface area contributed by atoms with Crippen molar-refractivity contribution in [3.05, 3.63) is 58.1 Å². The Hall–Kier alpha value is -2.34. The first kappa shape index (κ1) is 18.0. The highest BCUT2D eigenvalue weighted by Crippen LogP contribution is 2.20. The summed E-state index contributed by atoms with van der Waals surface area (Å²) in [5, 5.41) is 13.5. The highest BCUT2D eigenvalue weighted by molar-refractivity contribution is 9.10. The Labute approximate surface area is 149 Å². The molecular weight excluding hydrogens is 372 g/mol. The van der Waals surface area contributed by atoms with E-state index in [9.17, 15) is 9.90 Å². The summed E-state index contributed by atoms with van der Waals surface area (Å²) in [5.74, 6) is 0.778. The lowest BCUT2D eigenvalue weighted by molar-refractivity contribution is -0.123. The van der Waals surface area contributed by atoms with Crippen molar-refractivity contribution in [2.75, 3.05) is 6.61 Å². The Balaban J connectivity index is 1.83. The Bertz CT molecular complexity index is 728. The van der Waals surface area contributed by atoms with Crippen LogP contribution in [0.2, 0.25) is 0 Å². The summed E-state index contributed by atoms with van der Waals surface area (Å²) in [6.45, 7) is 4.09. The summed E-state index contributed by atoms with van der Waals surface area (Å²) in [7, 11) is 0. The van der Waals surface area contributed by atoms with E-state index in [1.807, 2.05) is 24.3 Å². The van der Waals surface area contributed by atoms with Gasteiger partial charge < -0.3 is 9.84 Å². The minimum Gasteiger partial charge on any atom is -0.507 e. The number of hydrogen-bond donors (Lipinski definition) is 2. The van der Waals surface area contributed by atoms with E-state index in [4.69, 9.17) is 4.74 Å². The first-order valence-electron chi connectivity index (χ1n) is 7.49. The van der Waals surface area contributed by atoms with Crippen LogP contribution >= 0.6 is 15.9 Å². The fraction of sp³-hybridized carbons (Fsp3) is 0.222. The van der Waals surface area contributed by atoms with E-state index in [-0.39, 0.29) is 18.3 Å². The molecule has 1 amide bonds. The molecule has 0 aliphatic rings. The van der Waals surface area contributed by atoms with Crippen molar-refractivity contribution < 1.29 is 14.6 Å². The van der Waals surface area contributed by atoms with Crippen LogP contribution in [-0.4, -0.2) is 23.8 Å². The van der Waals surface area contributed by atoms with Gasteiger partial charge in [0, 0.05) is 10.0 Å². The molecule has 0 aliphatic carbocycles. The number of hydrogen-bond acceptors (Lipinski definition) is 4. The molecule has 0 fully saturated rings. The van der Waals surface area contributed by atoms with Crippen molar-refractivity contribution in [3.63, 3.8) is 0 Å². The molecule has 0 aromatic heterocycles. The van der Waals surface area contributed by atoms with Crippen LogP contribution in [0.15, 0.2) is 52.0 Å². The molecule has 0 aliphatic heterocycles. The molecule has 0 saturated heterocycles. The number of nitrogens with one attached hydrogen (secondary N) is 1. The molecule has 0 spiro atoms. The molecule has 5 nitrogen and oxygen atoms in total. The molecule has 0 bridgehead atoms. The fourth-order valence-corrected chi connectivity index (χ4v) is 2.31. The summed E-state index contributed by atoms with van der Waals surface area (Å²) in [6, 6.07) is 12.6. The van der Waals surface area contributed by atoms with Crippen LogP contribution in [0.3, 0.4) is 0 Å². The third kappa shape index (κ3) is 5.38. The molecule has 0 heterocycles. The molecule has 2 N–H and O–H groups in total. The molecule has 0 saturated carbocycles. The van der Waals surface area contributed by atoms with E-state index < -0.39 is 0 Å². The van der Waals surface area contributed by atoms with E-state index in [1.165, 1.54) is 17.8 Å². The SMILES string of the molecule is CC(C)c1ccc(OCC(=O)N/N=C/c2cc(Br)ccc2O)cc1. The van der Waals surface area contributed by atoms with Gasteiger partial charge in [-0.1, -0.05) is 41.9 Å². The van der Waals surface area contributed by atoms with Gasteiger partial charge in [-0.2, -0.15) is 5.10 Å². The maximum absolute atomic E-state index is 11.7. The lowest BCUT2D eigenvalue weighted by Crippen LogP contribution is -2.24. The minimum absolute atomic E-state index is 0.0812. The number of phenolic OH excluding ortho intramolecular Hbond substituents is 1. The van der Waals surface area contributed by atoms with Gasteiger partial charge >= 0.3 is 0 Å². The Morgan fingerprint density at radius 1 is 1.29 bits per heavy atom. The first-order valence-corrected chi connectivity index (χ1v) is 8.28. The standard InChI is InChI=1S/C18H19BrN2O3/c1-12(2)13-3-6-16(7-4-13)24-11-18(23)21-20-10-14-9-15(19)5-8-17(14)22/h3-10,12,22H,11H2,1-2H3,(H,21,23)/b20-10+. The van der Waals surface area contributed by atoms with Gasteiger partial charge in [0.25, 0.3) is 5.91 Å². The van der Waals surface area contributed by atoms with Crippen LogP contribution in [0.5, 0.6) is 11.5 Å². The quantitative estimate of drug-likeness (QED) is 0.581. The lowest BCUT2D eigenvalue weighted by Gasteiger charge is -2.08. The largest absolute Gasteiger partial charge is 0.507 e. The number of carbonyl (C=O) groups excluding carboxylic acids is 1. The van der Waals surface area contributed by atoms with Crippen molar-refractivity contribution in [2.24, 2.45) is 5.10 Å². The number of phenols is 1. The average Bonchev–Trinajstić information content (AvgIpc) is 2.56. The Kier molecular flexibility index (Phi) is 6.37. The second-order valence-electron chi connectivity index (χ2n) is 5.51. The Morgan fingerprint density at radius 3 is 2.67 bits per heavy atom. The molecule has 2 aromatic rings. The maximum Gasteiger partial charge on any atom is 0.277 e. The summed E-state index contributed by atoms with van der Waals surface area (Å²) < 4.78 is 6.21. The Morgan fingerprint density at radius 2 is 2.00 bits per heavy atom. The summed E-state index contributed by atoms with van der Waals surface area (Å²) >= 11 is 3.30. The van der Waals surface area contributed by atoms with Gasteiger partial charge in [-0.3, -0.25) is 4.79 Å². The second-order valence-corrected chi connectivity index (χ2v) is 6.42. The highest BCUT2D eigenvalue weighted by Gasteiger charge is 2.04. The fourth-order valence-electron chi connectivity index (χ4n) is 1.93. The van der Waals surface area contributed by atoms with Gasteiger partial charge in [0.05, 0.1) is 6.21 Å². The van der Waals surface area contributed by atoms with Crippen LogP contribution in [0.4, 0.5) is 0 Å². The zero-order chi connectivity index (χ0) is 17.5. The first-order chi connectivity index (χ1) is 11.5. The van der Waals surface area contributed by atoms with Crippen molar-refractivity contribution in [1.29, 1.82) is 0 Å². The van der Waals surface area contributed by atoms with Gasteiger partial charge in [-0.15, -0.1) is 0 Å². The van der Waals surface area contributed by atoms with Crippen molar-refractivity contribution in [2.45, 2.75) is 19.8 Å². The van der Waals surface area contributed by atoms with Crippen molar-refractivity contribution >= 4 is 28.1 Å². The van der Waals surface area contributed by atoms with E-state index >= 15 is 0 Å². The zero-order valence-electron chi connectivity index (χ0n) is 13.5. The molecular formula is C18H19BrN2O3. The zero-order valence-corrected chi connectivity index (χ0v) is 15.1. The van der Waals surface area contributed by atoms with Crippen molar-refractivity contribution in [3.8, 4) is 11.5 Å². The predicted molar refractivity (Wildman–Crippen MR) is 97.6 cm³/mol. The monoisotopic (exact) mass is 390 g/mol. The summed E-state index contributed by atoms with van der Waals surface area (Å²) in [4.78, 5) is 11.7. The van der Waals surface area contributed by atoms with Crippen LogP contribution in [0.25, 0.3) is 0 Å².